The highest BCUT2D eigenvalue weighted by Crippen LogP contribution is 2.02. The molecule has 1 aliphatic heterocycles. The molecule has 0 amide bonds. The Labute approximate surface area is 65.7 Å². The van der Waals surface area contributed by atoms with Crippen LogP contribution >= 0.6 is 0 Å². The van der Waals surface area contributed by atoms with E-state index in [1.54, 1.807) is 0 Å². The maximum Gasteiger partial charge on any atom is 0.145 e. The Morgan fingerprint density at radius 2 is 2.55 bits per heavy atom. The lowest BCUT2D eigenvalue weighted by atomic mass is 10.4. The quantitative estimate of drug-likeness (QED) is 0.614. The molecule has 58 valence electrons. The van der Waals surface area contributed by atoms with Gasteiger partial charge in [0.2, 0.25) is 0 Å². The number of nitrogens with zero attached hydrogens (tertiary/aromatic N) is 2. The lowest BCUT2D eigenvalue weighted by Gasteiger charge is -2.02. The van der Waals surface area contributed by atoms with Crippen molar-refractivity contribution in [3.8, 4) is 0 Å². The summed E-state index contributed by atoms with van der Waals surface area (Å²) in [5.41, 5.74) is 1.17. The van der Waals surface area contributed by atoms with Gasteiger partial charge in [-0.1, -0.05) is 0 Å². The minimum Gasteiger partial charge on any atom is -0.367 e. The fourth-order valence-electron chi connectivity index (χ4n) is 1.28. The largest absolute Gasteiger partial charge is 0.367 e. The van der Waals surface area contributed by atoms with Gasteiger partial charge in [-0.05, 0) is 12.1 Å². The van der Waals surface area contributed by atoms with E-state index in [9.17, 15) is 0 Å². The fourth-order valence-corrected chi connectivity index (χ4v) is 1.28. The van der Waals surface area contributed by atoms with Crippen LogP contribution in [0, 0.1) is 0 Å². The van der Waals surface area contributed by atoms with Gasteiger partial charge in [0.05, 0.1) is 12.2 Å². The van der Waals surface area contributed by atoms with Crippen LogP contribution in [0.2, 0.25) is 0 Å². The van der Waals surface area contributed by atoms with E-state index in [1.807, 2.05) is 19.3 Å². The summed E-state index contributed by atoms with van der Waals surface area (Å²) in [4.78, 5) is 4.32. The second kappa shape index (κ2) is 2.42. The highest BCUT2D eigenvalue weighted by molar-refractivity contribution is 5.98. The summed E-state index contributed by atoms with van der Waals surface area (Å²) in [6, 6.07) is 4.09. The number of hydrogen-bond acceptors (Lipinski definition) is 2. The normalized spacial score (nSPS) is 16.3. The average molecular weight is 149 g/mol. The maximum absolute atomic E-state index is 4.32. The average Bonchev–Trinajstić information content (AvgIpc) is 2.55. The number of nitrogens with one attached hydrogen (secondary N) is 1. The first-order chi connectivity index (χ1) is 5.38. The standard InChI is InChI=1S/C8H11N3/c1-11-6-2-3-7(11)8-9-4-5-10-8/h2-3,6H,4-5H2,1H3,(H,9,10). The molecule has 1 N–H and O–H groups in total. The number of amidine groups is 1. The van der Waals surface area contributed by atoms with Crippen LogP contribution in [0.15, 0.2) is 23.3 Å². The highest BCUT2D eigenvalue weighted by Gasteiger charge is 2.09. The first-order valence-corrected chi connectivity index (χ1v) is 3.78. The van der Waals surface area contributed by atoms with Gasteiger partial charge >= 0.3 is 0 Å². The summed E-state index contributed by atoms with van der Waals surface area (Å²) in [6.07, 6.45) is 2.03. The summed E-state index contributed by atoms with van der Waals surface area (Å²) in [6.45, 7) is 1.88. The molecule has 0 unspecified atom stereocenters. The zero-order valence-corrected chi connectivity index (χ0v) is 6.54. The number of aromatic nitrogens is 1. The van der Waals surface area contributed by atoms with Gasteiger partial charge in [-0.2, -0.15) is 0 Å². The van der Waals surface area contributed by atoms with E-state index in [4.69, 9.17) is 0 Å². The summed E-state index contributed by atoms with van der Waals surface area (Å²) in [7, 11) is 2.03. The SMILES string of the molecule is Cn1cccc1C1=NCCN1. The first kappa shape index (κ1) is 6.46. The van der Waals surface area contributed by atoms with Crippen molar-refractivity contribution in [1.82, 2.24) is 9.88 Å². The molecule has 0 aromatic carbocycles. The Bertz CT molecular complexity index is 285. The molecule has 0 fully saturated rings. The Hall–Kier alpha value is -1.25. The van der Waals surface area contributed by atoms with Gasteiger partial charge in [0.1, 0.15) is 5.84 Å². The molecule has 0 atom stereocenters. The van der Waals surface area contributed by atoms with Crippen LogP contribution in [0.25, 0.3) is 0 Å². The third-order valence-corrected chi connectivity index (χ3v) is 1.86. The molecule has 3 heteroatoms. The van der Waals surface area contributed by atoms with Crippen molar-refractivity contribution in [2.24, 2.45) is 12.0 Å². The minimum absolute atomic E-state index is 0.903. The molecule has 11 heavy (non-hydrogen) atoms. The molecule has 0 saturated heterocycles. The second-order valence-corrected chi connectivity index (χ2v) is 2.66. The molecule has 3 nitrogen and oxygen atoms in total. The Kier molecular flexibility index (Phi) is 1.42. The topological polar surface area (TPSA) is 29.3 Å². The van der Waals surface area contributed by atoms with Crippen LogP contribution in [0.3, 0.4) is 0 Å². The third kappa shape index (κ3) is 1.02. The van der Waals surface area contributed by atoms with Gasteiger partial charge in [-0.25, -0.2) is 0 Å². The molecular formula is C8H11N3. The molecule has 1 aromatic heterocycles. The van der Waals surface area contributed by atoms with E-state index >= 15 is 0 Å². The van der Waals surface area contributed by atoms with Gasteiger partial charge in [-0.3, -0.25) is 4.99 Å². The van der Waals surface area contributed by atoms with Crippen molar-refractivity contribution in [2.75, 3.05) is 13.1 Å². The molecule has 2 heterocycles. The predicted molar refractivity (Wildman–Crippen MR) is 44.8 cm³/mol. The van der Waals surface area contributed by atoms with Crippen LogP contribution in [-0.4, -0.2) is 23.5 Å². The van der Waals surface area contributed by atoms with E-state index in [1.165, 1.54) is 5.69 Å². The number of aliphatic imine (C=N–C) groups is 1. The smallest absolute Gasteiger partial charge is 0.145 e. The third-order valence-electron chi connectivity index (χ3n) is 1.86. The molecule has 1 aromatic rings. The zero-order chi connectivity index (χ0) is 7.68. The van der Waals surface area contributed by atoms with Gasteiger partial charge in [0.15, 0.2) is 0 Å². The second-order valence-electron chi connectivity index (χ2n) is 2.66. The van der Waals surface area contributed by atoms with Crippen LogP contribution in [-0.2, 0) is 7.05 Å². The first-order valence-electron chi connectivity index (χ1n) is 3.78. The number of hydrogen-bond donors (Lipinski definition) is 1. The van der Waals surface area contributed by atoms with Crippen LogP contribution in [0.4, 0.5) is 0 Å². The van der Waals surface area contributed by atoms with Crippen molar-refractivity contribution < 1.29 is 0 Å². The molecule has 0 bridgehead atoms. The highest BCUT2D eigenvalue weighted by atomic mass is 15.1. The molecule has 0 saturated carbocycles. The predicted octanol–water partition coefficient (Wildman–Crippen LogP) is 0.375. The number of aryl methyl sites for hydroxylation is 1. The molecule has 2 rings (SSSR count). The summed E-state index contributed by atoms with van der Waals surface area (Å²) >= 11 is 0. The Balaban J connectivity index is 2.35. The lowest BCUT2D eigenvalue weighted by Crippen LogP contribution is -2.21. The van der Waals surface area contributed by atoms with Crippen molar-refractivity contribution in [1.29, 1.82) is 0 Å². The van der Waals surface area contributed by atoms with Crippen molar-refractivity contribution >= 4 is 5.84 Å². The van der Waals surface area contributed by atoms with E-state index in [0.717, 1.165) is 18.9 Å². The lowest BCUT2D eigenvalue weighted by molar-refractivity contribution is 0.900. The van der Waals surface area contributed by atoms with Crippen molar-refractivity contribution in [3.63, 3.8) is 0 Å². The molecule has 1 aliphatic rings. The summed E-state index contributed by atoms with van der Waals surface area (Å²) < 4.78 is 2.07. The van der Waals surface area contributed by atoms with Crippen LogP contribution < -0.4 is 5.32 Å². The van der Waals surface area contributed by atoms with Gasteiger partial charge in [-0.15, -0.1) is 0 Å². The minimum atomic E-state index is 0.903. The van der Waals surface area contributed by atoms with Crippen LogP contribution in [0.1, 0.15) is 5.69 Å². The molecule has 0 aliphatic carbocycles. The zero-order valence-electron chi connectivity index (χ0n) is 6.54. The fraction of sp³-hybridized carbons (Fsp3) is 0.375. The maximum atomic E-state index is 4.32. The van der Waals surface area contributed by atoms with Gasteiger partial charge in [0.25, 0.3) is 0 Å². The van der Waals surface area contributed by atoms with Gasteiger partial charge in [0, 0.05) is 19.8 Å². The number of rotatable bonds is 1. The van der Waals surface area contributed by atoms with E-state index in [-0.39, 0.29) is 0 Å². The van der Waals surface area contributed by atoms with E-state index in [2.05, 4.69) is 20.9 Å². The summed E-state index contributed by atoms with van der Waals surface area (Å²) in [5.74, 6) is 1.03. The van der Waals surface area contributed by atoms with Gasteiger partial charge < -0.3 is 9.88 Å². The monoisotopic (exact) mass is 149 g/mol. The van der Waals surface area contributed by atoms with E-state index in [0.29, 0.717) is 0 Å². The van der Waals surface area contributed by atoms with Crippen molar-refractivity contribution in [2.45, 2.75) is 0 Å². The molecular weight excluding hydrogens is 138 g/mol. The molecule has 0 radical (unpaired) electrons. The Morgan fingerprint density at radius 1 is 1.64 bits per heavy atom. The van der Waals surface area contributed by atoms with E-state index < -0.39 is 0 Å². The van der Waals surface area contributed by atoms with Crippen molar-refractivity contribution in [3.05, 3.63) is 24.0 Å². The molecule has 0 spiro atoms. The van der Waals surface area contributed by atoms with Crippen LogP contribution in [0.5, 0.6) is 0 Å². The Morgan fingerprint density at radius 3 is 3.09 bits per heavy atom. The summed E-state index contributed by atoms with van der Waals surface area (Å²) in [5, 5.41) is 3.23.